The highest BCUT2D eigenvalue weighted by Crippen LogP contribution is 2.24. The second-order valence-electron chi connectivity index (χ2n) is 2.94. The van der Waals surface area contributed by atoms with Crippen molar-refractivity contribution < 1.29 is 18.7 Å². The topological polar surface area (TPSA) is 43.4 Å². The van der Waals surface area contributed by atoms with E-state index in [9.17, 15) is 14.0 Å². The van der Waals surface area contributed by atoms with Crippen LogP contribution in [0.15, 0.2) is 24.3 Å². The predicted octanol–water partition coefficient (Wildman–Crippen LogP) is 2.98. The molecule has 0 spiro atoms. The van der Waals surface area contributed by atoms with Gasteiger partial charge in [-0.25, -0.2) is 9.18 Å². The maximum Gasteiger partial charge on any atom is 0.340 e. The summed E-state index contributed by atoms with van der Waals surface area (Å²) in [5.74, 6) is -1.80. The molecular formula is C10H6Cl3FO3. The average Bonchev–Trinajstić information content (AvgIpc) is 2.26. The van der Waals surface area contributed by atoms with Crippen LogP contribution in [0.2, 0.25) is 0 Å². The summed E-state index contributed by atoms with van der Waals surface area (Å²) in [6, 6.07) is 5.26. The Morgan fingerprint density at radius 2 is 1.82 bits per heavy atom. The molecular weight excluding hydrogens is 293 g/mol. The molecule has 0 heterocycles. The van der Waals surface area contributed by atoms with Crippen LogP contribution >= 0.6 is 34.8 Å². The van der Waals surface area contributed by atoms with E-state index in [0.29, 0.717) is 0 Å². The average molecular weight is 300 g/mol. The van der Waals surface area contributed by atoms with Gasteiger partial charge in [-0.15, -0.1) is 0 Å². The number of benzene rings is 1. The fourth-order valence-corrected chi connectivity index (χ4v) is 1.35. The zero-order chi connectivity index (χ0) is 13.0. The summed E-state index contributed by atoms with van der Waals surface area (Å²) >= 11 is 15.7. The fourth-order valence-electron chi connectivity index (χ4n) is 1.09. The monoisotopic (exact) mass is 298 g/mol. The van der Waals surface area contributed by atoms with Crippen LogP contribution in [0.5, 0.6) is 0 Å². The Balaban J connectivity index is 2.99. The third-order valence-electron chi connectivity index (χ3n) is 1.81. The van der Waals surface area contributed by atoms with Gasteiger partial charge >= 0.3 is 5.97 Å². The van der Waals surface area contributed by atoms with Crippen molar-refractivity contribution in [1.29, 1.82) is 0 Å². The van der Waals surface area contributed by atoms with Crippen LogP contribution in [0, 0.1) is 5.82 Å². The number of alkyl halides is 2. The van der Waals surface area contributed by atoms with Gasteiger partial charge in [0.1, 0.15) is 5.82 Å². The minimum Gasteiger partial charge on any atom is -0.446 e. The Labute approximate surface area is 111 Å². The fraction of sp³-hybridized carbons (Fsp3) is 0.200. The van der Waals surface area contributed by atoms with E-state index in [1.165, 1.54) is 18.2 Å². The second kappa shape index (κ2) is 6.19. The zero-order valence-electron chi connectivity index (χ0n) is 8.20. The Morgan fingerprint density at radius 3 is 2.29 bits per heavy atom. The van der Waals surface area contributed by atoms with Crippen molar-refractivity contribution in [1.82, 2.24) is 0 Å². The van der Waals surface area contributed by atoms with Crippen molar-refractivity contribution >= 4 is 46.0 Å². The van der Waals surface area contributed by atoms with Crippen molar-refractivity contribution in [3.8, 4) is 0 Å². The van der Waals surface area contributed by atoms with Crippen molar-refractivity contribution in [2.45, 2.75) is 10.9 Å². The van der Waals surface area contributed by atoms with E-state index in [1.54, 1.807) is 0 Å². The van der Waals surface area contributed by atoms with Crippen LogP contribution in [-0.2, 0) is 14.3 Å². The molecule has 0 aliphatic rings. The lowest BCUT2D eigenvalue weighted by molar-refractivity contribution is -0.151. The molecule has 0 bridgehead atoms. The van der Waals surface area contributed by atoms with Crippen molar-refractivity contribution in [3.63, 3.8) is 0 Å². The summed E-state index contributed by atoms with van der Waals surface area (Å²) in [5, 5.41) is -1.04. The normalized spacial score (nSPS) is 12.3. The standard InChI is InChI=1S/C10H6Cl3FO3/c11-8(12)10(16)17-7(9(13)15)5-3-1-2-4-6(5)14/h1-4,7-8H. The number of hydrogen-bond donors (Lipinski definition) is 0. The predicted molar refractivity (Wildman–Crippen MR) is 61.6 cm³/mol. The van der Waals surface area contributed by atoms with Crippen LogP contribution in [0.1, 0.15) is 11.7 Å². The first-order valence-electron chi connectivity index (χ1n) is 4.36. The summed E-state index contributed by atoms with van der Waals surface area (Å²) in [7, 11) is 0. The molecule has 0 aliphatic carbocycles. The van der Waals surface area contributed by atoms with Crippen molar-refractivity contribution in [3.05, 3.63) is 35.6 Å². The number of rotatable bonds is 4. The van der Waals surface area contributed by atoms with Gasteiger partial charge in [-0.05, 0) is 17.7 Å². The summed E-state index contributed by atoms with van der Waals surface area (Å²) in [4.78, 5) is 20.7. The van der Waals surface area contributed by atoms with E-state index in [-0.39, 0.29) is 5.56 Å². The van der Waals surface area contributed by atoms with Gasteiger partial charge in [0.15, 0.2) is 0 Å². The van der Waals surface area contributed by atoms with E-state index < -0.39 is 28.0 Å². The molecule has 1 atom stereocenters. The third-order valence-corrected chi connectivity index (χ3v) is 2.36. The number of carbonyl (C=O) groups is 2. The Kier molecular flexibility index (Phi) is 5.18. The molecule has 0 N–H and O–H groups in total. The first-order valence-corrected chi connectivity index (χ1v) is 5.61. The van der Waals surface area contributed by atoms with Crippen molar-refractivity contribution in [2.24, 2.45) is 0 Å². The molecule has 1 unspecified atom stereocenters. The second-order valence-corrected chi connectivity index (χ2v) is 4.41. The molecule has 92 valence electrons. The maximum atomic E-state index is 13.4. The molecule has 17 heavy (non-hydrogen) atoms. The van der Waals surface area contributed by atoms with Crippen LogP contribution in [-0.4, -0.2) is 16.0 Å². The van der Waals surface area contributed by atoms with E-state index in [1.807, 2.05) is 0 Å². The molecule has 7 heteroatoms. The summed E-state index contributed by atoms with van der Waals surface area (Å²) in [6.07, 6.45) is -1.56. The maximum absolute atomic E-state index is 13.4. The smallest absolute Gasteiger partial charge is 0.340 e. The Bertz CT molecular complexity index is 437. The van der Waals surface area contributed by atoms with Gasteiger partial charge in [0.05, 0.1) is 0 Å². The summed E-state index contributed by atoms with van der Waals surface area (Å²) in [5.41, 5.74) is -0.158. The quantitative estimate of drug-likeness (QED) is 0.488. The molecule has 1 aromatic carbocycles. The SMILES string of the molecule is O=C(OC(C(=O)Cl)c1ccccc1F)C(Cl)Cl. The highest BCUT2D eigenvalue weighted by molar-refractivity contribution is 6.64. The molecule has 3 nitrogen and oxygen atoms in total. The molecule has 0 radical (unpaired) electrons. The van der Waals surface area contributed by atoms with E-state index in [4.69, 9.17) is 34.8 Å². The van der Waals surface area contributed by atoms with Crippen LogP contribution in [0.4, 0.5) is 4.39 Å². The minimum absolute atomic E-state index is 0.158. The van der Waals surface area contributed by atoms with Gasteiger partial charge in [-0.1, -0.05) is 41.4 Å². The van der Waals surface area contributed by atoms with Crippen molar-refractivity contribution in [2.75, 3.05) is 0 Å². The first kappa shape index (κ1) is 14.2. The molecule has 0 saturated carbocycles. The molecule has 0 fully saturated rings. The number of esters is 1. The van der Waals surface area contributed by atoms with Gasteiger partial charge in [-0.3, -0.25) is 4.79 Å². The highest BCUT2D eigenvalue weighted by Gasteiger charge is 2.28. The number of carbonyl (C=O) groups excluding carboxylic acids is 2. The molecule has 0 amide bonds. The lowest BCUT2D eigenvalue weighted by Gasteiger charge is -2.15. The lowest BCUT2D eigenvalue weighted by atomic mass is 10.1. The number of hydrogen-bond acceptors (Lipinski definition) is 3. The summed E-state index contributed by atoms with van der Waals surface area (Å²) in [6.45, 7) is 0. The summed E-state index contributed by atoms with van der Waals surface area (Å²) < 4.78 is 18.0. The third kappa shape index (κ3) is 3.84. The molecule has 1 rings (SSSR count). The molecule has 0 aliphatic heterocycles. The number of halogens is 4. The van der Waals surface area contributed by atoms with Gasteiger partial charge in [0.2, 0.25) is 10.9 Å². The van der Waals surface area contributed by atoms with E-state index in [0.717, 1.165) is 6.07 Å². The minimum atomic E-state index is -1.56. The van der Waals surface area contributed by atoms with Crippen LogP contribution in [0.25, 0.3) is 0 Å². The van der Waals surface area contributed by atoms with Gasteiger partial charge in [0, 0.05) is 5.56 Å². The first-order chi connectivity index (χ1) is 7.93. The van der Waals surface area contributed by atoms with E-state index in [2.05, 4.69) is 4.74 Å². The van der Waals surface area contributed by atoms with E-state index >= 15 is 0 Å². The highest BCUT2D eigenvalue weighted by atomic mass is 35.5. The van der Waals surface area contributed by atoms with Gasteiger partial charge in [0.25, 0.3) is 5.24 Å². The molecule has 0 saturated heterocycles. The largest absolute Gasteiger partial charge is 0.446 e. The Hall–Kier alpha value is -0.840. The van der Waals surface area contributed by atoms with Crippen LogP contribution < -0.4 is 0 Å². The Morgan fingerprint density at radius 1 is 1.24 bits per heavy atom. The molecule has 1 aromatic rings. The van der Waals surface area contributed by atoms with Gasteiger partial charge < -0.3 is 4.74 Å². The van der Waals surface area contributed by atoms with Crippen LogP contribution in [0.3, 0.4) is 0 Å². The lowest BCUT2D eigenvalue weighted by Crippen LogP contribution is -2.21. The van der Waals surface area contributed by atoms with Gasteiger partial charge in [-0.2, -0.15) is 0 Å². The number of ether oxygens (including phenoxy) is 1. The zero-order valence-corrected chi connectivity index (χ0v) is 10.5. The molecule has 0 aromatic heterocycles.